The zero-order chi connectivity index (χ0) is 15.8. The SMILES string of the molecule is CCC(CO)NC(=S)NC(=O)c1ccccc1OC(C)C. The van der Waals surface area contributed by atoms with Gasteiger partial charge in [0, 0.05) is 0 Å². The fraction of sp³-hybridized carbons (Fsp3) is 0.467. The van der Waals surface area contributed by atoms with Crippen molar-refractivity contribution in [3.63, 3.8) is 0 Å². The summed E-state index contributed by atoms with van der Waals surface area (Å²) in [6.45, 7) is 5.67. The molecule has 21 heavy (non-hydrogen) atoms. The molecule has 5 nitrogen and oxygen atoms in total. The van der Waals surface area contributed by atoms with Crippen LogP contribution in [0.1, 0.15) is 37.6 Å². The predicted molar refractivity (Wildman–Crippen MR) is 86.6 cm³/mol. The molecule has 0 aromatic heterocycles. The van der Waals surface area contributed by atoms with Crippen LogP contribution >= 0.6 is 12.2 Å². The van der Waals surface area contributed by atoms with Crippen molar-refractivity contribution in [3.05, 3.63) is 29.8 Å². The Kier molecular flexibility index (Phi) is 7.11. The third kappa shape index (κ3) is 5.69. The summed E-state index contributed by atoms with van der Waals surface area (Å²) >= 11 is 5.08. The average molecular weight is 310 g/mol. The fourth-order valence-corrected chi connectivity index (χ4v) is 1.94. The number of rotatable bonds is 6. The summed E-state index contributed by atoms with van der Waals surface area (Å²) in [5.74, 6) is 0.179. The third-order valence-electron chi connectivity index (χ3n) is 2.77. The van der Waals surface area contributed by atoms with Crippen LogP contribution in [0.4, 0.5) is 0 Å². The number of aliphatic hydroxyl groups excluding tert-OH is 1. The van der Waals surface area contributed by atoms with Crippen LogP contribution in [0, 0.1) is 0 Å². The minimum Gasteiger partial charge on any atom is -0.490 e. The van der Waals surface area contributed by atoms with Crippen molar-refractivity contribution in [2.45, 2.75) is 39.3 Å². The van der Waals surface area contributed by atoms with Gasteiger partial charge in [-0.2, -0.15) is 0 Å². The molecule has 1 atom stereocenters. The number of thiocarbonyl (C=S) groups is 1. The summed E-state index contributed by atoms with van der Waals surface area (Å²) in [6, 6.07) is 6.83. The van der Waals surface area contributed by atoms with Gasteiger partial charge in [-0.1, -0.05) is 19.1 Å². The molecule has 1 amide bonds. The molecule has 0 aliphatic carbocycles. The van der Waals surface area contributed by atoms with Gasteiger partial charge in [-0.25, -0.2) is 0 Å². The number of benzene rings is 1. The van der Waals surface area contributed by atoms with Crippen LogP contribution in [0.15, 0.2) is 24.3 Å². The molecule has 1 aromatic rings. The van der Waals surface area contributed by atoms with Crippen LogP contribution < -0.4 is 15.4 Å². The van der Waals surface area contributed by atoms with E-state index in [-0.39, 0.29) is 29.8 Å². The minimum atomic E-state index is -0.337. The molecular formula is C15H22N2O3S. The summed E-state index contributed by atoms with van der Waals surface area (Å²) in [6.07, 6.45) is 0.683. The maximum atomic E-state index is 12.2. The van der Waals surface area contributed by atoms with Crippen LogP contribution in [0.25, 0.3) is 0 Å². The Bertz CT molecular complexity index is 488. The lowest BCUT2D eigenvalue weighted by molar-refractivity contribution is 0.0970. The summed E-state index contributed by atoms with van der Waals surface area (Å²) in [4.78, 5) is 12.2. The van der Waals surface area contributed by atoms with Gasteiger partial charge < -0.3 is 15.2 Å². The molecule has 3 N–H and O–H groups in total. The Morgan fingerprint density at radius 1 is 1.38 bits per heavy atom. The zero-order valence-electron chi connectivity index (χ0n) is 12.6. The zero-order valence-corrected chi connectivity index (χ0v) is 13.4. The van der Waals surface area contributed by atoms with Crippen LogP contribution in [-0.2, 0) is 0 Å². The van der Waals surface area contributed by atoms with Gasteiger partial charge in [-0.15, -0.1) is 0 Å². The highest BCUT2D eigenvalue weighted by Crippen LogP contribution is 2.19. The average Bonchev–Trinajstić information content (AvgIpc) is 2.44. The number of carbonyl (C=O) groups is 1. The highest BCUT2D eigenvalue weighted by atomic mass is 32.1. The molecule has 0 spiro atoms. The monoisotopic (exact) mass is 310 g/mol. The third-order valence-corrected chi connectivity index (χ3v) is 2.99. The molecule has 0 bridgehead atoms. The molecule has 0 aliphatic rings. The van der Waals surface area contributed by atoms with Crippen LogP contribution in [0.5, 0.6) is 5.75 Å². The summed E-state index contributed by atoms with van der Waals surface area (Å²) in [5, 5.41) is 14.8. The molecule has 0 saturated carbocycles. The van der Waals surface area contributed by atoms with Crippen molar-refractivity contribution >= 4 is 23.2 Å². The van der Waals surface area contributed by atoms with E-state index in [0.29, 0.717) is 17.7 Å². The number of hydrogen-bond donors (Lipinski definition) is 3. The van der Waals surface area contributed by atoms with Crippen molar-refractivity contribution in [3.8, 4) is 5.75 Å². The molecule has 0 fully saturated rings. The van der Waals surface area contributed by atoms with Crippen molar-refractivity contribution in [2.75, 3.05) is 6.61 Å². The number of nitrogens with one attached hydrogen (secondary N) is 2. The van der Waals surface area contributed by atoms with E-state index < -0.39 is 0 Å². The highest BCUT2D eigenvalue weighted by Gasteiger charge is 2.15. The van der Waals surface area contributed by atoms with Crippen molar-refractivity contribution < 1.29 is 14.6 Å². The summed E-state index contributed by atoms with van der Waals surface area (Å²) < 4.78 is 5.61. The first-order chi connectivity index (χ1) is 9.97. The van der Waals surface area contributed by atoms with Gasteiger partial charge in [0.2, 0.25) is 0 Å². The predicted octanol–water partition coefficient (Wildman–Crippen LogP) is 1.85. The van der Waals surface area contributed by atoms with Crippen molar-refractivity contribution in [1.29, 1.82) is 0 Å². The molecular weight excluding hydrogens is 288 g/mol. The van der Waals surface area contributed by atoms with Crippen molar-refractivity contribution in [1.82, 2.24) is 10.6 Å². The highest BCUT2D eigenvalue weighted by molar-refractivity contribution is 7.80. The second-order valence-corrected chi connectivity index (χ2v) is 5.29. The normalized spacial score (nSPS) is 11.9. The quantitative estimate of drug-likeness (QED) is 0.700. The largest absolute Gasteiger partial charge is 0.490 e. The molecule has 0 aliphatic heterocycles. The van der Waals surface area contributed by atoms with Gasteiger partial charge >= 0.3 is 0 Å². The maximum absolute atomic E-state index is 12.2. The molecule has 0 heterocycles. The maximum Gasteiger partial charge on any atom is 0.261 e. The topological polar surface area (TPSA) is 70.6 Å². The van der Waals surface area contributed by atoms with Crippen molar-refractivity contribution in [2.24, 2.45) is 0 Å². The Hall–Kier alpha value is -1.66. The number of para-hydroxylation sites is 1. The van der Waals surface area contributed by atoms with Gasteiger partial charge in [-0.3, -0.25) is 10.1 Å². The number of hydrogen-bond acceptors (Lipinski definition) is 4. The number of aliphatic hydroxyl groups is 1. The Morgan fingerprint density at radius 3 is 2.62 bits per heavy atom. The van der Waals surface area contributed by atoms with E-state index in [4.69, 9.17) is 22.1 Å². The molecule has 1 aromatic carbocycles. The van der Waals surface area contributed by atoms with E-state index in [0.717, 1.165) is 0 Å². The molecule has 1 unspecified atom stereocenters. The molecule has 116 valence electrons. The van der Waals surface area contributed by atoms with E-state index in [1.165, 1.54) is 0 Å². The smallest absolute Gasteiger partial charge is 0.261 e. The van der Waals surface area contributed by atoms with Crippen LogP contribution in [0.3, 0.4) is 0 Å². The van der Waals surface area contributed by atoms with Gasteiger partial charge in [0.1, 0.15) is 5.75 Å². The second-order valence-electron chi connectivity index (χ2n) is 4.88. The van der Waals surface area contributed by atoms with E-state index in [2.05, 4.69) is 10.6 Å². The number of carbonyl (C=O) groups excluding carboxylic acids is 1. The lowest BCUT2D eigenvalue weighted by Crippen LogP contribution is -2.45. The molecule has 0 saturated heterocycles. The van der Waals surface area contributed by atoms with Crippen LogP contribution in [-0.4, -0.2) is 34.9 Å². The Labute approximate surface area is 130 Å². The van der Waals surface area contributed by atoms with E-state index in [1.54, 1.807) is 18.2 Å². The van der Waals surface area contributed by atoms with E-state index >= 15 is 0 Å². The first-order valence-electron chi connectivity index (χ1n) is 6.96. The van der Waals surface area contributed by atoms with Gasteiger partial charge in [0.15, 0.2) is 5.11 Å². The van der Waals surface area contributed by atoms with Gasteiger partial charge in [-0.05, 0) is 44.6 Å². The molecule has 1 rings (SSSR count). The summed E-state index contributed by atoms with van der Waals surface area (Å²) in [7, 11) is 0. The van der Waals surface area contributed by atoms with E-state index in [1.807, 2.05) is 26.8 Å². The minimum absolute atomic E-state index is 0.0251. The molecule has 6 heteroatoms. The standard InChI is InChI=1S/C15H22N2O3S/c1-4-11(9-18)16-15(21)17-14(19)12-7-5-6-8-13(12)20-10(2)3/h5-8,10-11,18H,4,9H2,1-3H3,(H2,16,17,19,21). The van der Waals surface area contributed by atoms with E-state index in [9.17, 15) is 4.79 Å². The van der Waals surface area contributed by atoms with Crippen LogP contribution in [0.2, 0.25) is 0 Å². The lowest BCUT2D eigenvalue weighted by Gasteiger charge is -2.18. The second kappa shape index (κ2) is 8.59. The Morgan fingerprint density at radius 2 is 2.05 bits per heavy atom. The van der Waals surface area contributed by atoms with Gasteiger partial charge in [0.25, 0.3) is 5.91 Å². The lowest BCUT2D eigenvalue weighted by atomic mass is 10.2. The van der Waals surface area contributed by atoms with Gasteiger partial charge in [0.05, 0.1) is 24.3 Å². The number of amides is 1. The number of ether oxygens (including phenoxy) is 1. The fourth-order valence-electron chi connectivity index (χ4n) is 1.68. The Balaban J connectivity index is 2.73. The summed E-state index contributed by atoms with van der Waals surface area (Å²) in [5.41, 5.74) is 0.424. The molecule has 0 radical (unpaired) electrons. The first-order valence-corrected chi connectivity index (χ1v) is 7.37. The first kappa shape index (κ1) is 17.4.